The number of nitrogens with zero attached hydrogens (tertiary/aromatic N) is 2. The van der Waals surface area contributed by atoms with Crippen molar-refractivity contribution in [3.8, 4) is 11.8 Å². The van der Waals surface area contributed by atoms with Gasteiger partial charge in [0.05, 0.1) is 18.2 Å². The van der Waals surface area contributed by atoms with Gasteiger partial charge in [-0.1, -0.05) is 12.8 Å². The first-order valence-electron chi connectivity index (χ1n) is 7.13. The molecule has 1 aliphatic carbocycles. The van der Waals surface area contributed by atoms with Crippen LogP contribution in [0.1, 0.15) is 37.7 Å². The van der Waals surface area contributed by atoms with E-state index in [1.54, 1.807) is 12.1 Å². The zero-order valence-corrected chi connectivity index (χ0v) is 11.6. The van der Waals surface area contributed by atoms with Crippen molar-refractivity contribution in [3.63, 3.8) is 0 Å². The molecule has 0 aliphatic heterocycles. The summed E-state index contributed by atoms with van der Waals surface area (Å²) in [4.78, 5) is 2.47. The molecule has 19 heavy (non-hydrogen) atoms. The third-order valence-corrected chi connectivity index (χ3v) is 3.86. The van der Waals surface area contributed by atoms with Gasteiger partial charge in [0.2, 0.25) is 0 Å². The molecule has 102 valence electrons. The predicted octanol–water partition coefficient (Wildman–Crippen LogP) is 3.20. The Labute approximate surface area is 115 Å². The van der Waals surface area contributed by atoms with Gasteiger partial charge in [0.15, 0.2) is 0 Å². The summed E-state index contributed by atoms with van der Waals surface area (Å²) < 4.78 is 5.68. The molecule has 0 spiro atoms. The van der Waals surface area contributed by atoms with E-state index < -0.39 is 0 Å². The quantitative estimate of drug-likeness (QED) is 0.735. The molecule has 3 nitrogen and oxygen atoms in total. The molecule has 0 atom stereocenters. The molecular formula is C16H22N2O. The lowest BCUT2D eigenvalue weighted by Crippen LogP contribution is -2.30. The molecule has 1 saturated carbocycles. The van der Waals surface area contributed by atoms with Crippen LogP contribution >= 0.6 is 0 Å². The Bertz CT molecular complexity index is 415. The molecule has 0 heterocycles. The summed E-state index contributed by atoms with van der Waals surface area (Å²) >= 11 is 0. The van der Waals surface area contributed by atoms with Gasteiger partial charge in [-0.2, -0.15) is 5.26 Å². The lowest BCUT2D eigenvalue weighted by Gasteiger charge is -2.23. The molecule has 1 aliphatic rings. The Morgan fingerprint density at radius 1 is 1.26 bits per heavy atom. The van der Waals surface area contributed by atoms with E-state index >= 15 is 0 Å². The van der Waals surface area contributed by atoms with E-state index in [2.05, 4.69) is 18.0 Å². The first-order chi connectivity index (χ1) is 9.29. The Morgan fingerprint density at radius 2 is 1.95 bits per heavy atom. The summed E-state index contributed by atoms with van der Waals surface area (Å²) in [6, 6.07) is 10.2. The average molecular weight is 258 g/mol. The third kappa shape index (κ3) is 4.25. The highest BCUT2D eigenvalue weighted by Gasteiger charge is 2.18. The second-order valence-electron chi connectivity index (χ2n) is 5.26. The van der Waals surface area contributed by atoms with Gasteiger partial charge in [0.1, 0.15) is 5.75 Å². The topological polar surface area (TPSA) is 36.3 Å². The summed E-state index contributed by atoms with van der Waals surface area (Å²) in [6.45, 7) is 1.84. The van der Waals surface area contributed by atoms with Crippen LogP contribution in [0.4, 0.5) is 0 Å². The summed E-state index contributed by atoms with van der Waals surface area (Å²) in [5, 5.41) is 8.71. The van der Waals surface area contributed by atoms with Crippen LogP contribution in [0.15, 0.2) is 24.3 Å². The van der Waals surface area contributed by atoms with Crippen molar-refractivity contribution in [2.45, 2.75) is 38.1 Å². The number of rotatable bonds is 6. The largest absolute Gasteiger partial charge is 0.494 e. The van der Waals surface area contributed by atoms with Crippen molar-refractivity contribution in [2.24, 2.45) is 0 Å². The molecular weight excluding hydrogens is 236 g/mol. The summed E-state index contributed by atoms with van der Waals surface area (Å²) in [5.74, 6) is 0.850. The fourth-order valence-corrected chi connectivity index (χ4v) is 2.66. The van der Waals surface area contributed by atoms with Gasteiger partial charge in [-0.25, -0.2) is 0 Å². The summed E-state index contributed by atoms with van der Waals surface area (Å²) in [7, 11) is 2.22. The minimum Gasteiger partial charge on any atom is -0.494 e. The molecule has 1 fully saturated rings. The molecule has 0 aromatic heterocycles. The second kappa shape index (κ2) is 7.16. The van der Waals surface area contributed by atoms with Crippen LogP contribution in [0.5, 0.6) is 5.75 Å². The monoisotopic (exact) mass is 258 g/mol. The van der Waals surface area contributed by atoms with Crippen LogP contribution in [-0.2, 0) is 0 Å². The van der Waals surface area contributed by atoms with Crippen LogP contribution in [0.25, 0.3) is 0 Å². The van der Waals surface area contributed by atoms with Crippen molar-refractivity contribution in [1.29, 1.82) is 5.26 Å². The Kier molecular flexibility index (Phi) is 5.23. The van der Waals surface area contributed by atoms with Gasteiger partial charge in [0.25, 0.3) is 0 Å². The van der Waals surface area contributed by atoms with Crippen molar-refractivity contribution in [3.05, 3.63) is 29.8 Å². The Hall–Kier alpha value is -1.53. The maximum Gasteiger partial charge on any atom is 0.119 e. The summed E-state index contributed by atoms with van der Waals surface area (Å²) in [6.07, 6.45) is 6.53. The van der Waals surface area contributed by atoms with E-state index in [-0.39, 0.29) is 0 Å². The zero-order valence-electron chi connectivity index (χ0n) is 11.6. The maximum absolute atomic E-state index is 8.71. The predicted molar refractivity (Wildman–Crippen MR) is 76.2 cm³/mol. The van der Waals surface area contributed by atoms with Crippen molar-refractivity contribution < 1.29 is 4.74 Å². The van der Waals surface area contributed by atoms with E-state index in [0.717, 1.165) is 31.4 Å². The maximum atomic E-state index is 8.71. The minimum absolute atomic E-state index is 0.674. The van der Waals surface area contributed by atoms with E-state index in [9.17, 15) is 0 Å². The smallest absolute Gasteiger partial charge is 0.119 e. The Morgan fingerprint density at radius 3 is 2.58 bits per heavy atom. The fourth-order valence-electron chi connectivity index (χ4n) is 2.66. The highest BCUT2D eigenvalue weighted by Crippen LogP contribution is 2.22. The van der Waals surface area contributed by atoms with Crippen LogP contribution in [0, 0.1) is 11.3 Å². The summed E-state index contributed by atoms with van der Waals surface area (Å²) in [5.41, 5.74) is 0.674. The normalized spacial score (nSPS) is 15.6. The first-order valence-corrected chi connectivity index (χ1v) is 7.13. The molecule has 0 N–H and O–H groups in total. The fraction of sp³-hybridized carbons (Fsp3) is 0.562. The van der Waals surface area contributed by atoms with Crippen LogP contribution < -0.4 is 4.74 Å². The second-order valence-corrected chi connectivity index (χ2v) is 5.26. The van der Waals surface area contributed by atoms with Gasteiger partial charge < -0.3 is 9.64 Å². The molecule has 3 heteroatoms. The lowest BCUT2D eigenvalue weighted by molar-refractivity contribution is 0.216. The number of ether oxygens (including phenoxy) is 1. The molecule has 2 rings (SSSR count). The molecule has 1 aromatic rings. The first kappa shape index (κ1) is 13.9. The highest BCUT2D eigenvalue weighted by atomic mass is 16.5. The number of hydrogen-bond acceptors (Lipinski definition) is 3. The Balaban J connectivity index is 1.64. The van der Waals surface area contributed by atoms with Crippen LogP contribution in [-0.4, -0.2) is 31.1 Å². The van der Waals surface area contributed by atoms with Crippen molar-refractivity contribution >= 4 is 0 Å². The molecule has 0 amide bonds. The standard InChI is InChI=1S/C16H22N2O/c1-18(15-5-2-3-6-15)11-4-12-19-16-9-7-14(13-17)8-10-16/h7-10,15H,2-6,11-12H2,1H3. The lowest BCUT2D eigenvalue weighted by atomic mass is 10.2. The average Bonchev–Trinajstić information content (AvgIpc) is 2.98. The van der Waals surface area contributed by atoms with Crippen LogP contribution in [0.3, 0.4) is 0 Å². The van der Waals surface area contributed by atoms with Gasteiger partial charge in [-0.05, 0) is 50.6 Å². The van der Waals surface area contributed by atoms with Crippen LogP contribution in [0.2, 0.25) is 0 Å². The molecule has 0 bridgehead atoms. The minimum atomic E-state index is 0.674. The zero-order chi connectivity index (χ0) is 13.5. The third-order valence-electron chi connectivity index (χ3n) is 3.86. The van der Waals surface area contributed by atoms with E-state index in [1.165, 1.54) is 25.7 Å². The van der Waals surface area contributed by atoms with Crippen molar-refractivity contribution in [1.82, 2.24) is 4.90 Å². The van der Waals surface area contributed by atoms with Gasteiger partial charge >= 0.3 is 0 Å². The number of nitriles is 1. The van der Waals surface area contributed by atoms with Gasteiger partial charge in [-0.3, -0.25) is 0 Å². The molecule has 0 radical (unpaired) electrons. The van der Waals surface area contributed by atoms with E-state index in [4.69, 9.17) is 10.00 Å². The SMILES string of the molecule is CN(CCCOc1ccc(C#N)cc1)C1CCCC1. The molecule has 1 aromatic carbocycles. The van der Waals surface area contributed by atoms with E-state index in [0.29, 0.717) is 5.56 Å². The van der Waals surface area contributed by atoms with E-state index in [1.807, 2.05) is 12.1 Å². The number of hydrogen-bond donors (Lipinski definition) is 0. The van der Waals surface area contributed by atoms with Gasteiger partial charge in [-0.15, -0.1) is 0 Å². The molecule has 0 unspecified atom stereocenters. The highest BCUT2D eigenvalue weighted by molar-refractivity contribution is 5.34. The molecule has 0 saturated heterocycles. The number of benzene rings is 1. The van der Waals surface area contributed by atoms with Gasteiger partial charge in [0, 0.05) is 12.6 Å². The van der Waals surface area contributed by atoms with Crippen molar-refractivity contribution in [2.75, 3.05) is 20.2 Å².